The van der Waals surface area contributed by atoms with Gasteiger partial charge in [0.15, 0.2) is 0 Å². The van der Waals surface area contributed by atoms with Gasteiger partial charge >= 0.3 is 90.8 Å². The van der Waals surface area contributed by atoms with E-state index >= 15 is 0 Å². The fourth-order valence-corrected chi connectivity index (χ4v) is 1.63. The third-order valence-corrected chi connectivity index (χ3v) is 3.56. The van der Waals surface area contributed by atoms with Gasteiger partial charge in [-0.3, -0.25) is 0 Å². The van der Waals surface area contributed by atoms with Gasteiger partial charge in [0.05, 0.1) is 0 Å². The van der Waals surface area contributed by atoms with Crippen LogP contribution in [0.1, 0.15) is 25.3 Å². The fourth-order valence-electron chi connectivity index (χ4n) is 0.881. The third-order valence-electron chi connectivity index (χ3n) is 2.07. The molecule has 0 amide bonds. The first-order valence-corrected chi connectivity index (χ1v) is 8.25. The number of alkyl halides is 6. The van der Waals surface area contributed by atoms with E-state index in [4.69, 9.17) is 19.8 Å². The Bertz CT molecular complexity index is 499. The van der Waals surface area contributed by atoms with Crippen molar-refractivity contribution in [3.05, 3.63) is 29.8 Å². The van der Waals surface area contributed by atoms with Crippen molar-refractivity contribution in [1.82, 2.24) is 0 Å². The van der Waals surface area contributed by atoms with Gasteiger partial charge in [0.2, 0.25) is 0 Å². The van der Waals surface area contributed by atoms with Gasteiger partial charge in [0.25, 0.3) is 0 Å². The molecule has 0 aliphatic rings. The molecule has 0 aromatic heterocycles. The monoisotopic (exact) mass is 550 g/mol. The molecule has 0 spiro atoms. The van der Waals surface area contributed by atoms with Crippen LogP contribution in [0.15, 0.2) is 24.3 Å². The van der Waals surface area contributed by atoms with E-state index in [1.54, 1.807) is 0 Å². The zero-order valence-corrected chi connectivity index (χ0v) is 16.9. The molecule has 1 aromatic carbocycles. The smallest absolute Gasteiger partial charge is 0.430 e. The number of hydrogen-bond acceptors (Lipinski definition) is 4. The minimum Gasteiger partial charge on any atom is -0.542 e. The molecule has 0 N–H and O–H groups in total. The zero-order valence-electron chi connectivity index (χ0n) is 12.4. The molecule has 0 saturated heterocycles. The largest absolute Gasteiger partial charge is 0.542 e. The summed E-state index contributed by atoms with van der Waals surface area (Å²) in [4.78, 5) is 17.6. The molecule has 0 heterocycles. The van der Waals surface area contributed by atoms with Crippen molar-refractivity contribution in [3.8, 4) is 0 Å². The van der Waals surface area contributed by atoms with Crippen molar-refractivity contribution < 1.29 is 46.1 Å². The van der Waals surface area contributed by atoms with Crippen LogP contribution in [0.2, 0.25) is 0 Å². The van der Waals surface area contributed by atoms with Gasteiger partial charge in [0, 0.05) is 0 Å². The molecule has 0 radical (unpaired) electrons. The Balaban J connectivity index is 0. The van der Waals surface area contributed by atoms with Crippen LogP contribution in [0.4, 0.5) is 26.3 Å². The van der Waals surface area contributed by atoms with Crippen molar-refractivity contribution in [2.45, 2.75) is 32.1 Å². The Labute approximate surface area is 149 Å². The van der Waals surface area contributed by atoms with Gasteiger partial charge in [0.1, 0.15) is 11.9 Å². The molecule has 0 aliphatic heterocycles. The molecule has 4 nitrogen and oxygen atoms in total. The number of carboxylic acid groups (broad SMARTS) is 2. The molecule has 0 saturated carbocycles. The average Bonchev–Trinajstić information content (AvgIpc) is 2.38. The minimum atomic E-state index is -5.19. The summed E-state index contributed by atoms with van der Waals surface area (Å²) >= 11 is 0.978. The molecule has 1 aromatic rings. The van der Waals surface area contributed by atoms with E-state index in [2.05, 4.69) is 38.1 Å². The van der Waals surface area contributed by atoms with Crippen LogP contribution in [0.5, 0.6) is 0 Å². The van der Waals surface area contributed by atoms with Gasteiger partial charge in [-0.2, -0.15) is 26.3 Å². The van der Waals surface area contributed by atoms with Crippen LogP contribution in [-0.4, -0.2) is 50.1 Å². The first-order valence-electron chi connectivity index (χ1n) is 6.00. The maximum Gasteiger partial charge on any atom is 0.430 e. The topological polar surface area (TPSA) is 80.3 Å². The number of benzene rings is 1. The predicted molar refractivity (Wildman–Crippen MR) is 68.0 cm³/mol. The summed E-state index contributed by atoms with van der Waals surface area (Å²) in [5.41, 5.74) is 1.45. The Morgan fingerprint density at radius 3 is 1.29 bits per heavy atom. The van der Waals surface area contributed by atoms with Crippen molar-refractivity contribution in [2.75, 3.05) is 0 Å². The summed E-state index contributed by atoms with van der Waals surface area (Å²) in [7, 11) is 0. The van der Waals surface area contributed by atoms with E-state index in [0.717, 1.165) is 25.8 Å². The molecule has 0 unspecified atom stereocenters. The van der Waals surface area contributed by atoms with Crippen molar-refractivity contribution in [1.29, 1.82) is 0 Å². The molecule has 0 aliphatic carbocycles. The molecule has 11 heteroatoms. The summed E-state index contributed by atoms with van der Waals surface area (Å²) in [6.07, 6.45) is -10.4. The summed E-state index contributed by atoms with van der Waals surface area (Å²) in [5.74, 6) is -5.34. The average molecular weight is 550 g/mol. The Hall–Kier alpha value is -1.34. The van der Waals surface area contributed by atoms with Crippen LogP contribution in [0.25, 0.3) is 0 Å². The maximum atomic E-state index is 10.5. The molecule has 0 fully saturated rings. The quantitative estimate of drug-likeness (QED) is 0.371. The molecule has 1 rings (SSSR count). The SMILES string of the molecule is CC(C)c1cc[c]([Tl+2])cc1.O=C([O-])C(F)(F)F.O=C([O-])C(F)(F)F. The van der Waals surface area contributed by atoms with Crippen LogP contribution < -0.4 is 13.3 Å². The second kappa shape index (κ2) is 10.5. The Morgan fingerprint density at radius 2 is 1.12 bits per heavy atom. The second-order valence-corrected chi connectivity index (χ2v) is 6.98. The van der Waals surface area contributed by atoms with Crippen molar-refractivity contribution >= 4 is 40.8 Å². The van der Waals surface area contributed by atoms with Crippen LogP contribution in [0, 0.1) is 0 Å². The second-order valence-electron chi connectivity index (χ2n) is 4.39. The molecular formula is C13H11F6O4Tl. The fraction of sp³-hybridized carbons (Fsp3) is 0.385. The Kier molecular flexibility index (Phi) is 10.9. The van der Waals surface area contributed by atoms with Crippen LogP contribution in [0.3, 0.4) is 0 Å². The standard InChI is InChI=1S/C9H11.2C2HF3O2.Tl/c1-8(2)9-6-4-3-5-7-9;2*3-2(4,5)1(6)7;/h4-8H,1-2H3;2*(H,6,7);/q;;;+2/p-2. The van der Waals surface area contributed by atoms with Crippen molar-refractivity contribution in [3.63, 3.8) is 0 Å². The molecule has 24 heavy (non-hydrogen) atoms. The maximum absolute atomic E-state index is 10.5. The number of carboxylic acids is 2. The predicted octanol–water partition coefficient (Wildman–Crippen LogP) is 0.201. The number of carbonyl (C=O) groups is 2. The number of rotatable bonds is 1. The molecule has 132 valence electrons. The first kappa shape index (κ1) is 24.9. The van der Waals surface area contributed by atoms with E-state index in [9.17, 15) is 26.3 Å². The van der Waals surface area contributed by atoms with E-state index in [-0.39, 0.29) is 0 Å². The number of hydrogen-bond donors (Lipinski definition) is 0. The number of carbonyl (C=O) groups excluding carboxylic acids is 2. The minimum absolute atomic E-state index is 0.672. The van der Waals surface area contributed by atoms with Crippen LogP contribution in [-0.2, 0) is 9.59 Å². The van der Waals surface area contributed by atoms with E-state index in [1.807, 2.05) is 0 Å². The Morgan fingerprint density at radius 1 is 0.875 bits per heavy atom. The summed E-state index contributed by atoms with van der Waals surface area (Å²) in [6, 6.07) is 8.94. The van der Waals surface area contributed by atoms with Gasteiger partial charge in [-0.05, 0) is 0 Å². The van der Waals surface area contributed by atoms with E-state index < -0.39 is 24.3 Å². The summed E-state index contributed by atoms with van der Waals surface area (Å²) in [5, 5.41) is 17.6. The molecular weight excluding hydrogens is 539 g/mol. The molecule has 0 atom stereocenters. The first-order chi connectivity index (χ1) is 10.6. The zero-order chi connectivity index (χ0) is 19.7. The summed E-state index contributed by atoms with van der Waals surface area (Å²) in [6.45, 7) is 4.45. The van der Waals surface area contributed by atoms with E-state index in [1.165, 1.54) is 8.69 Å². The summed E-state index contributed by atoms with van der Waals surface area (Å²) < 4.78 is 64.6. The van der Waals surface area contributed by atoms with Gasteiger partial charge in [-0.15, -0.1) is 0 Å². The van der Waals surface area contributed by atoms with Gasteiger partial charge in [-0.25, -0.2) is 0 Å². The van der Waals surface area contributed by atoms with Gasteiger partial charge < -0.3 is 19.8 Å². The normalized spacial score (nSPS) is 11.0. The van der Waals surface area contributed by atoms with Gasteiger partial charge in [-0.1, -0.05) is 0 Å². The third kappa shape index (κ3) is 13.1. The number of halogens is 6. The van der Waals surface area contributed by atoms with Crippen molar-refractivity contribution in [2.24, 2.45) is 0 Å². The van der Waals surface area contributed by atoms with E-state index in [0.29, 0.717) is 5.92 Å². The van der Waals surface area contributed by atoms with Crippen LogP contribution >= 0.6 is 0 Å². The molecule has 0 bridgehead atoms. The number of aliphatic carboxylic acids is 2.